The Bertz CT molecular complexity index is 709. The van der Waals surface area contributed by atoms with Crippen LogP contribution in [0, 0.1) is 5.92 Å². The maximum atomic E-state index is 12.4. The lowest BCUT2D eigenvalue weighted by molar-refractivity contribution is 0.0712. The van der Waals surface area contributed by atoms with Gasteiger partial charge in [-0.25, -0.2) is 0 Å². The zero-order valence-corrected chi connectivity index (χ0v) is 13.4. The minimum absolute atomic E-state index is 0. The van der Waals surface area contributed by atoms with Crippen molar-refractivity contribution in [2.75, 3.05) is 7.11 Å². The normalized spacial score (nSPS) is 22.1. The van der Waals surface area contributed by atoms with Gasteiger partial charge in [0.15, 0.2) is 5.78 Å². The van der Waals surface area contributed by atoms with Crippen LogP contribution in [0.3, 0.4) is 0 Å². The van der Waals surface area contributed by atoms with Crippen molar-refractivity contribution in [3.05, 3.63) is 59.9 Å². The molecule has 1 aliphatic carbocycles. The molecule has 0 heterocycles. The molecule has 0 amide bonds. The number of rotatable bonds is 4. The SMILES string of the molecule is COC1=CC(O)(S(=O)(=O)O)C(C(=O)c2ccccc2)C=C1.O.O.O. The largest absolute Gasteiger partial charge is 0.497 e. The van der Waals surface area contributed by atoms with Gasteiger partial charge in [-0.1, -0.05) is 36.4 Å². The molecule has 0 fully saturated rings. The lowest BCUT2D eigenvalue weighted by atomic mass is 9.88. The molecule has 1 aromatic rings. The number of Topliss-reactive ketones (excluding diaryl/α,β-unsaturated/α-hetero) is 1. The van der Waals surface area contributed by atoms with Crippen LogP contribution in [0.5, 0.6) is 0 Å². The van der Waals surface area contributed by atoms with Crippen LogP contribution < -0.4 is 0 Å². The van der Waals surface area contributed by atoms with Crippen molar-refractivity contribution in [1.82, 2.24) is 0 Å². The summed E-state index contributed by atoms with van der Waals surface area (Å²) in [5.74, 6) is -2.06. The Kier molecular flexibility index (Phi) is 8.75. The standard InChI is InChI=1S/C14H14O6S.3H2O/c1-20-11-7-8-12(14(16,9-11)21(17,18)19)13(15)10-5-3-2-4-6-10;;;/h2-9,12,16H,1H3,(H,17,18,19);3*1H2. The molecule has 1 aromatic carbocycles. The highest BCUT2D eigenvalue weighted by Gasteiger charge is 2.50. The Labute approximate surface area is 138 Å². The average molecular weight is 364 g/mol. The number of methoxy groups -OCH3 is 1. The summed E-state index contributed by atoms with van der Waals surface area (Å²) in [6.45, 7) is 0. The Morgan fingerprint density at radius 1 is 1.17 bits per heavy atom. The van der Waals surface area contributed by atoms with Crippen LogP contribution in [-0.4, -0.2) is 52.3 Å². The topological polar surface area (TPSA) is 195 Å². The summed E-state index contributed by atoms with van der Waals surface area (Å²) >= 11 is 0. The van der Waals surface area contributed by atoms with Gasteiger partial charge < -0.3 is 26.3 Å². The van der Waals surface area contributed by atoms with E-state index in [1.54, 1.807) is 18.2 Å². The third-order valence-corrected chi connectivity index (χ3v) is 4.44. The van der Waals surface area contributed by atoms with E-state index in [9.17, 15) is 22.9 Å². The predicted octanol–water partition coefficient (Wildman–Crippen LogP) is -1.31. The summed E-state index contributed by atoms with van der Waals surface area (Å²) in [4.78, 5) is 9.64. The third-order valence-electron chi connectivity index (χ3n) is 3.24. The van der Waals surface area contributed by atoms with E-state index in [2.05, 4.69) is 0 Å². The van der Waals surface area contributed by atoms with Crippen LogP contribution in [-0.2, 0) is 14.9 Å². The zero-order chi connectivity index (χ0) is 15.7. The van der Waals surface area contributed by atoms with Gasteiger partial charge in [-0.05, 0) is 6.08 Å². The highest BCUT2D eigenvalue weighted by Crippen LogP contribution is 2.34. The second-order valence-corrected chi connectivity index (χ2v) is 6.15. The minimum atomic E-state index is -4.94. The molecule has 0 aromatic heterocycles. The summed E-state index contributed by atoms with van der Waals surface area (Å²) in [5.41, 5.74) is 0.225. The van der Waals surface area contributed by atoms with Gasteiger partial charge in [0, 0.05) is 11.6 Å². The number of carbonyl (C=O) groups is 1. The van der Waals surface area contributed by atoms with Gasteiger partial charge >= 0.3 is 0 Å². The fourth-order valence-corrected chi connectivity index (χ4v) is 2.86. The molecule has 2 atom stereocenters. The second kappa shape index (κ2) is 8.68. The van der Waals surface area contributed by atoms with E-state index in [4.69, 9.17) is 4.74 Å². The predicted molar refractivity (Wildman–Crippen MR) is 85.8 cm³/mol. The fraction of sp³-hybridized carbons (Fsp3) is 0.214. The van der Waals surface area contributed by atoms with E-state index in [-0.39, 0.29) is 27.8 Å². The van der Waals surface area contributed by atoms with Gasteiger partial charge in [0.05, 0.1) is 13.0 Å². The van der Waals surface area contributed by atoms with Crippen molar-refractivity contribution < 1.29 is 44.0 Å². The Hall–Kier alpha value is -2.08. The summed E-state index contributed by atoms with van der Waals surface area (Å²) in [7, 11) is -3.67. The van der Waals surface area contributed by atoms with Crippen LogP contribution in [0.1, 0.15) is 10.4 Å². The molecule has 2 unspecified atom stereocenters. The molecule has 0 radical (unpaired) electrons. The molecular weight excluding hydrogens is 344 g/mol. The number of aliphatic hydroxyl groups is 1. The molecule has 9 nitrogen and oxygen atoms in total. The van der Waals surface area contributed by atoms with Crippen LogP contribution in [0.2, 0.25) is 0 Å². The van der Waals surface area contributed by atoms with E-state index in [0.29, 0.717) is 0 Å². The third kappa shape index (κ3) is 4.26. The van der Waals surface area contributed by atoms with E-state index in [0.717, 1.165) is 6.08 Å². The molecule has 24 heavy (non-hydrogen) atoms. The molecule has 0 saturated carbocycles. The molecule has 0 saturated heterocycles. The van der Waals surface area contributed by atoms with Gasteiger partial charge in [-0.15, -0.1) is 0 Å². The monoisotopic (exact) mass is 364 g/mol. The highest BCUT2D eigenvalue weighted by molar-refractivity contribution is 7.87. The lowest BCUT2D eigenvalue weighted by Crippen LogP contribution is -2.48. The van der Waals surface area contributed by atoms with Gasteiger partial charge in [-0.2, -0.15) is 8.42 Å². The van der Waals surface area contributed by atoms with E-state index in [1.807, 2.05) is 0 Å². The maximum Gasteiger partial charge on any atom is 0.300 e. The van der Waals surface area contributed by atoms with Gasteiger partial charge in [0.1, 0.15) is 5.76 Å². The molecule has 0 bridgehead atoms. The van der Waals surface area contributed by atoms with Crippen molar-refractivity contribution in [1.29, 1.82) is 0 Å². The summed E-state index contributed by atoms with van der Waals surface area (Å²) in [5, 5.41) is 10.3. The minimum Gasteiger partial charge on any atom is -0.497 e. The maximum absolute atomic E-state index is 12.4. The van der Waals surface area contributed by atoms with Crippen LogP contribution in [0.25, 0.3) is 0 Å². The second-order valence-electron chi connectivity index (χ2n) is 4.54. The average Bonchev–Trinajstić information content (AvgIpc) is 2.46. The Balaban J connectivity index is 0. The molecule has 2 rings (SSSR count). The molecule has 10 heteroatoms. The van der Waals surface area contributed by atoms with Crippen LogP contribution >= 0.6 is 0 Å². The van der Waals surface area contributed by atoms with Crippen LogP contribution in [0.15, 0.2) is 54.3 Å². The van der Waals surface area contributed by atoms with Gasteiger partial charge in [-0.3, -0.25) is 9.35 Å². The number of ketones is 1. The van der Waals surface area contributed by atoms with Gasteiger partial charge in [0.2, 0.25) is 4.93 Å². The van der Waals surface area contributed by atoms with E-state index >= 15 is 0 Å². The molecular formula is C14H20O9S. The van der Waals surface area contributed by atoms with Crippen molar-refractivity contribution >= 4 is 15.9 Å². The van der Waals surface area contributed by atoms with Crippen molar-refractivity contribution in [2.24, 2.45) is 5.92 Å². The molecule has 1 aliphatic rings. The first-order valence-corrected chi connectivity index (χ1v) is 7.47. The summed E-state index contributed by atoms with van der Waals surface area (Å²) < 4.78 is 37.2. The first-order chi connectivity index (χ1) is 9.79. The zero-order valence-electron chi connectivity index (χ0n) is 12.6. The number of ether oxygens (including phenoxy) is 1. The van der Waals surface area contributed by atoms with E-state index in [1.165, 1.54) is 31.4 Å². The van der Waals surface area contributed by atoms with Crippen molar-refractivity contribution in [2.45, 2.75) is 4.93 Å². The van der Waals surface area contributed by atoms with Crippen molar-refractivity contribution in [3.8, 4) is 0 Å². The summed E-state index contributed by atoms with van der Waals surface area (Å²) in [6, 6.07) is 7.92. The molecule has 0 spiro atoms. The molecule has 8 N–H and O–H groups in total. The number of allylic oxidation sites excluding steroid dienone is 1. The fourth-order valence-electron chi connectivity index (χ4n) is 2.09. The number of benzene rings is 1. The van der Waals surface area contributed by atoms with Gasteiger partial charge in [0.25, 0.3) is 10.1 Å². The quantitative estimate of drug-likeness (QED) is 0.491. The summed E-state index contributed by atoms with van der Waals surface area (Å²) in [6.07, 6.45) is 3.38. The lowest BCUT2D eigenvalue weighted by Gasteiger charge is -2.30. The first-order valence-electron chi connectivity index (χ1n) is 6.03. The molecule has 0 aliphatic heterocycles. The van der Waals surface area contributed by atoms with Crippen molar-refractivity contribution in [3.63, 3.8) is 0 Å². The number of carbonyl (C=O) groups excluding carboxylic acids is 1. The van der Waals surface area contributed by atoms with E-state index < -0.39 is 26.8 Å². The smallest absolute Gasteiger partial charge is 0.300 e. The number of hydrogen-bond acceptors (Lipinski definition) is 5. The first kappa shape index (κ1) is 24.2. The Morgan fingerprint density at radius 2 is 1.71 bits per heavy atom. The Morgan fingerprint density at radius 3 is 2.17 bits per heavy atom. The van der Waals surface area contributed by atoms with Crippen LogP contribution in [0.4, 0.5) is 0 Å². The highest BCUT2D eigenvalue weighted by atomic mass is 32.2. The molecule has 136 valence electrons. The number of hydrogen-bond donors (Lipinski definition) is 2.